The summed E-state index contributed by atoms with van der Waals surface area (Å²) < 4.78 is 10.7. The zero-order valence-electron chi connectivity index (χ0n) is 11.4. The number of likely N-dealkylation sites (tertiary alicyclic amines) is 1. The molecule has 1 aliphatic heterocycles. The van der Waals surface area contributed by atoms with E-state index in [0.29, 0.717) is 17.0 Å². The van der Waals surface area contributed by atoms with Gasteiger partial charge in [-0.1, -0.05) is 0 Å². The molecule has 2 N–H and O–H groups in total. The maximum atomic E-state index is 11.7. The number of ether oxygens (including phenoxy) is 2. The number of anilines is 1. The lowest BCUT2D eigenvalue weighted by atomic mass is 10.1. The van der Waals surface area contributed by atoms with Crippen LogP contribution in [-0.2, 0) is 4.74 Å². The topological polar surface area (TPSA) is 64.8 Å². The number of rotatable bonds is 3. The molecule has 1 saturated heterocycles. The van der Waals surface area contributed by atoms with Gasteiger partial charge in [-0.3, -0.25) is 0 Å². The molecule has 5 heteroatoms. The number of nitrogens with zero attached hydrogens (tertiary/aromatic N) is 1. The molecule has 0 amide bonds. The highest BCUT2D eigenvalue weighted by molar-refractivity contribution is 5.93. The van der Waals surface area contributed by atoms with Crippen LogP contribution < -0.4 is 10.5 Å². The van der Waals surface area contributed by atoms with Crippen molar-refractivity contribution in [2.75, 3.05) is 33.0 Å². The van der Waals surface area contributed by atoms with Crippen molar-refractivity contribution in [3.63, 3.8) is 0 Å². The Kier molecular flexibility index (Phi) is 4.27. The van der Waals surface area contributed by atoms with E-state index < -0.39 is 5.97 Å². The highest BCUT2D eigenvalue weighted by Gasteiger charge is 2.21. The number of nitrogens with two attached hydrogens (primary N) is 1. The molecule has 0 atom stereocenters. The molecule has 0 aliphatic carbocycles. The number of hydrogen-bond donors (Lipinski definition) is 1. The van der Waals surface area contributed by atoms with Crippen LogP contribution in [0.5, 0.6) is 5.75 Å². The van der Waals surface area contributed by atoms with Gasteiger partial charge in [-0.05, 0) is 38.1 Å². The molecular formula is C14H20N2O3. The van der Waals surface area contributed by atoms with E-state index >= 15 is 0 Å². The average molecular weight is 264 g/mol. The third kappa shape index (κ3) is 3.38. The molecule has 2 rings (SSSR count). The molecule has 0 bridgehead atoms. The quantitative estimate of drug-likeness (QED) is 0.662. The molecule has 19 heavy (non-hydrogen) atoms. The van der Waals surface area contributed by atoms with Gasteiger partial charge in [0.05, 0.1) is 7.11 Å². The van der Waals surface area contributed by atoms with E-state index in [1.807, 2.05) is 0 Å². The first-order valence-corrected chi connectivity index (χ1v) is 6.43. The van der Waals surface area contributed by atoms with E-state index in [-0.39, 0.29) is 6.10 Å². The van der Waals surface area contributed by atoms with Gasteiger partial charge in [-0.25, -0.2) is 4.79 Å². The summed E-state index contributed by atoms with van der Waals surface area (Å²) in [6.45, 7) is 2.01. The second kappa shape index (κ2) is 5.93. The Hall–Kier alpha value is -1.75. The number of carbonyl (C=O) groups is 1. The van der Waals surface area contributed by atoms with Crippen LogP contribution in [0.2, 0.25) is 0 Å². The number of benzene rings is 1. The molecule has 104 valence electrons. The predicted octanol–water partition coefficient (Wildman–Crippen LogP) is 1.53. The van der Waals surface area contributed by atoms with Crippen LogP contribution >= 0.6 is 0 Å². The molecule has 1 aromatic rings. The predicted molar refractivity (Wildman–Crippen MR) is 73.3 cm³/mol. The average Bonchev–Trinajstić information content (AvgIpc) is 2.42. The maximum absolute atomic E-state index is 11.7. The van der Waals surface area contributed by atoms with Crippen LogP contribution in [-0.4, -0.2) is 44.2 Å². The second-order valence-corrected chi connectivity index (χ2v) is 4.87. The van der Waals surface area contributed by atoms with Gasteiger partial charge in [0.2, 0.25) is 0 Å². The Morgan fingerprint density at radius 3 is 2.68 bits per heavy atom. The van der Waals surface area contributed by atoms with Gasteiger partial charge < -0.3 is 20.1 Å². The first-order valence-electron chi connectivity index (χ1n) is 6.43. The van der Waals surface area contributed by atoms with Gasteiger partial charge in [0, 0.05) is 18.8 Å². The van der Waals surface area contributed by atoms with Gasteiger partial charge in [-0.2, -0.15) is 0 Å². The molecule has 1 heterocycles. The summed E-state index contributed by atoms with van der Waals surface area (Å²) in [4.78, 5) is 14.0. The standard InChI is InChI=1S/C14H20N2O3/c1-16-7-5-11(6-8-16)19-13-4-3-10(15)9-12(13)14(17)18-2/h3-4,9,11H,5-8,15H2,1-2H3. The Labute approximate surface area is 113 Å². The SMILES string of the molecule is COC(=O)c1cc(N)ccc1OC1CCN(C)CC1. The van der Waals surface area contributed by atoms with Crippen molar-refractivity contribution < 1.29 is 14.3 Å². The zero-order valence-corrected chi connectivity index (χ0v) is 11.4. The lowest BCUT2D eigenvalue weighted by Gasteiger charge is -2.29. The number of carbonyl (C=O) groups excluding carboxylic acids is 1. The van der Waals surface area contributed by atoms with Crippen molar-refractivity contribution in [3.8, 4) is 5.75 Å². The number of methoxy groups -OCH3 is 1. The third-order valence-electron chi connectivity index (χ3n) is 3.37. The molecule has 0 saturated carbocycles. The van der Waals surface area contributed by atoms with Crippen molar-refractivity contribution in [3.05, 3.63) is 23.8 Å². The molecule has 0 radical (unpaired) electrons. The van der Waals surface area contributed by atoms with Crippen LogP contribution in [0.3, 0.4) is 0 Å². The Bertz CT molecular complexity index is 454. The summed E-state index contributed by atoms with van der Waals surface area (Å²) in [6, 6.07) is 5.06. The number of nitrogen functional groups attached to an aromatic ring is 1. The first-order chi connectivity index (χ1) is 9.10. The summed E-state index contributed by atoms with van der Waals surface area (Å²) in [5.41, 5.74) is 6.62. The minimum Gasteiger partial charge on any atom is -0.489 e. The van der Waals surface area contributed by atoms with Crippen molar-refractivity contribution in [2.24, 2.45) is 0 Å². The third-order valence-corrected chi connectivity index (χ3v) is 3.37. The molecule has 1 fully saturated rings. The Balaban J connectivity index is 2.13. The Morgan fingerprint density at radius 2 is 2.05 bits per heavy atom. The lowest BCUT2D eigenvalue weighted by Crippen LogP contribution is -2.35. The van der Waals surface area contributed by atoms with Crippen LogP contribution in [0.25, 0.3) is 0 Å². The smallest absolute Gasteiger partial charge is 0.341 e. The van der Waals surface area contributed by atoms with E-state index in [1.165, 1.54) is 7.11 Å². The van der Waals surface area contributed by atoms with E-state index in [4.69, 9.17) is 15.2 Å². The zero-order chi connectivity index (χ0) is 13.8. The fourth-order valence-electron chi connectivity index (χ4n) is 2.20. The van der Waals surface area contributed by atoms with Crippen molar-refractivity contribution in [2.45, 2.75) is 18.9 Å². The highest BCUT2D eigenvalue weighted by atomic mass is 16.5. The summed E-state index contributed by atoms with van der Waals surface area (Å²) in [5, 5.41) is 0. The Morgan fingerprint density at radius 1 is 1.37 bits per heavy atom. The fourth-order valence-corrected chi connectivity index (χ4v) is 2.20. The molecule has 0 spiro atoms. The molecule has 0 aromatic heterocycles. The molecule has 0 unspecified atom stereocenters. The minimum atomic E-state index is -0.421. The van der Waals surface area contributed by atoms with Crippen molar-refractivity contribution >= 4 is 11.7 Å². The number of piperidine rings is 1. The molecule has 1 aromatic carbocycles. The summed E-state index contributed by atoms with van der Waals surface area (Å²) in [7, 11) is 3.45. The monoisotopic (exact) mass is 264 g/mol. The van der Waals surface area contributed by atoms with E-state index in [2.05, 4.69) is 11.9 Å². The van der Waals surface area contributed by atoms with Crippen LogP contribution in [0.15, 0.2) is 18.2 Å². The molecule has 1 aliphatic rings. The first kappa shape index (κ1) is 13.7. The fraction of sp³-hybridized carbons (Fsp3) is 0.500. The van der Waals surface area contributed by atoms with Gasteiger partial charge in [0.15, 0.2) is 0 Å². The highest BCUT2D eigenvalue weighted by Crippen LogP contribution is 2.25. The summed E-state index contributed by atoms with van der Waals surface area (Å²) in [6.07, 6.45) is 2.06. The van der Waals surface area contributed by atoms with Gasteiger partial charge in [0.25, 0.3) is 0 Å². The van der Waals surface area contributed by atoms with Crippen LogP contribution in [0.1, 0.15) is 23.2 Å². The van der Waals surface area contributed by atoms with Gasteiger partial charge in [0.1, 0.15) is 17.4 Å². The normalized spacial score (nSPS) is 17.2. The number of hydrogen-bond acceptors (Lipinski definition) is 5. The maximum Gasteiger partial charge on any atom is 0.341 e. The van der Waals surface area contributed by atoms with Gasteiger partial charge in [-0.15, -0.1) is 0 Å². The summed E-state index contributed by atoms with van der Waals surface area (Å²) >= 11 is 0. The molecule has 5 nitrogen and oxygen atoms in total. The minimum absolute atomic E-state index is 0.142. The van der Waals surface area contributed by atoms with Crippen molar-refractivity contribution in [1.82, 2.24) is 4.90 Å². The number of esters is 1. The van der Waals surface area contributed by atoms with Crippen LogP contribution in [0.4, 0.5) is 5.69 Å². The largest absolute Gasteiger partial charge is 0.489 e. The summed E-state index contributed by atoms with van der Waals surface area (Å²) in [5.74, 6) is 0.130. The van der Waals surface area contributed by atoms with E-state index in [9.17, 15) is 4.79 Å². The van der Waals surface area contributed by atoms with E-state index in [0.717, 1.165) is 25.9 Å². The molecular weight excluding hydrogens is 244 g/mol. The van der Waals surface area contributed by atoms with E-state index in [1.54, 1.807) is 18.2 Å². The lowest BCUT2D eigenvalue weighted by molar-refractivity contribution is 0.0586. The van der Waals surface area contributed by atoms with Crippen LogP contribution in [0, 0.1) is 0 Å². The second-order valence-electron chi connectivity index (χ2n) is 4.87. The van der Waals surface area contributed by atoms with Gasteiger partial charge >= 0.3 is 5.97 Å². The van der Waals surface area contributed by atoms with Crippen molar-refractivity contribution in [1.29, 1.82) is 0 Å².